The van der Waals surface area contributed by atoms with Crippen molar-refractivity contribution < 1.29 is 0 Å². The number of halogens is 1. The van der Waals surface area contributed by atoms with Crippen LogP contribution in [0.4, 0.5) is 0 Å². The number of allylic oxidation sites excluding steroid dienone is 1. The minimum Gasteiger partial charge on any atom is -0.0683 e. The molecule has 0 saturated carbocycles. The highest BCUT2D eigenvalue weighted by molar-refractivity contribution is 9.10. The quantitative estimate of drug-likeness (QED) is 0.494. The van der Waals surface area contributed by atoms with E-state index in [0.717, 1.165) is 6.42 Å². The van der Waals surface area contributed by atoms with Crippen LogP contribution >= 0.6 is 15.9 Å². The van der Waals surface area contributed by atoms with Crippen molar-refractivity contribution in [1.29, 1.82) is 0 Å². The highest BCUT2D eigenvalue weighted by atomic mass is 79.9. The fourth-order valence-corrected chi connectivity index (χ4v) is 3.88. The summed E-state index contributed by atoms with van der Waals surface area (Å²) in [5.74, 6) is 0. The maximum atomic E-state index is 3.77. The Hall–Kier alpha value is -1.86. The second-order valence-electron chi connectivity index (χ2n) is 5.68. The SMILES string of the molecule is CC1=Cc2ccc(Br)c(-c3cccc4ccccc34)c2C1. The van der Waals surface area contributed by atoms with E-state index in [0.29, 0.717) is 0 Å². The molecular weight excluding hydrogens is 320 g/mol. The van der Waals surface area contributed by atoms with E-state index in [4.69, 9.17) is 0 Å². The summed E-state index contributed by atoms with van der Waals surface area (Å²) in [5.41, 5.74) is 6.90. The normalized spacial score (nSPS) is 13.3. The van der Waals surface area contributed by atoms with Gasteiger partial charge in [-0.25, -0.2) is 0 Å². The van der Waals surface area contributed by atoms with E-state index in [1.54, 1.807) is 0 Å². The van der Waals surface area contributed by atoms with Crippen LogP contribution in [0.5, 0.6) is 0 Å². The van der Waals surface area contributed by atoms with Gasteiger partial charge >= 0.3 is 0 Å². The number of hydrogen-bond donors (Lipinski definition) is 0. The first-order valence-electron chi connectivity index (χ1n) is 7.21. The highest BCUT2D eigenvalue weighted by Crippen LogP contribution is 2.41. The molecule has 0 fully saturated rings. The van der Waals surface area contributed by atoms with E-state index in [1.807, 2.05) is 0 Å². The van der Waals surface area contributed by atoms with E-state index < -0.39 is 0 Å². The number of benzene rings is 3. The monoisotopic (exact) mass is 334 g/mol. The molecule has 0 bridgehead atoms. The van der Waals surface area contributed by atoms with Crippen LogP contribution in [0.15, 0.2) is 64.6 Å². The molecule has 0 saturated heterocycles. The average Bonchev–Trinajstić information content (AvgIpc) is 2.87. The Morgan fingerprint density at radius 1 is 0.905 bits per heavy atom. The van der Waals surface area contributed by atoms with Gasteiger partial charge in [-0.1, -0.05) is 76.1 Å². The van der Waals surface area contributed by atoms with E-state index in [-0.39, 0.29) is 0 Å². The van der Waals surface area contributed by atoms with Gasteiger partial charge in [0.2, 0.25) is 0 Å². The van der Waals surface area contributed by atoms with Gasteiger partial charge < -0.3 is 0 Å². The standard InChI is InChI=1S/C20H15Br/c1-13-11-15-9-10-19(21)20(18(15)12-13)17-8-4-6-14-5-2-3-7-16(14)17/h2-11H,12H2,1H3. The van der Waals surface area contributed by atoms with Gasteiger partial charge in [-0.2, -0.15) is 0 Å². The molecule has 0 atom stereocenters. The summed E-state index contributed by atoms with van der Waals surface area (Å²) in [6, 6.07) is 19.6. The van der Waals surface area contributed by atoms with Crippen molar-refractivity contribution in [1.82, 2.24) is 0 Å². The van der Waals surface area contributed by atoms with Crippen molar-refractivity contribution in [2.45, 2.75) is 13.3 Å². The molecule has 4 rings (SSSR count). The molecule has 1 heteroatoms. The number of hydrogen-bond acceptors (Lipinski definition) is 0. The number of rotatable bonds is 1. The van der Waals surface area contributed by atoms with Crippen molar-refractivity contribution >= 4 is 32.8 Å². The smallest absolute Gasteiger partial charge is 0.0257 e. The van der Waals surface area contributed by atoms with Crippen LogP contribution in [0.1, 0.15) is 18.1 Å². The molecule has 0 aromatic heterocycles. The molecule has 0 heterocycles. The lowest BCUT2D eigenvalue weighted by atomic mass is 9.92. The topological polar surface area (TPSA) is 0 Å². The summed E-state index contributed by atoms with van der Waals surface area (Å²) in [5, 5.41) is 2.61. The van der Waals surface area contributed by atoms with Crippen LogP contribution in [0.2, 0.25) is 0 Å². The predicted octanol–water partition coefficient (Wildman–Crippen LogP) is 6.23. The van der Waals surface area contributed by atoms with Gasteiger partial charge in [-0.3, -0.25) is 0 Å². The summed E-state index contributed by atoms with van der Waals surface area (Å²) in [6.45, 7) is 2.21. The van der Waals surface area contributed by atoms with Crippen LogP contribution in [0, 0.1) is 0 Å². The third-order valence-corrected chi connectivity index (χ3v) is 4.88. The third kappa shape index (κ3) is 2.04. The van der Waals surface area contributed by atoms with E-state index in [2.05, 4.69) is 83.5 Å². The molecule has 102 valence electrons. The zero-order valence-electron chi connectivity index (χ0n) is 11.9. The van der Waals surface area contributed by atoms with Crippen molar-refractivity contribution in [3.8, 4) is 11.1 Å². The predicted molar refractivity (Wildman–Crippen MR) is 94.4 cm³/mol. The molecule has 0 radical (unpaired) electrons. The fourth-order valence-electron chi connectivity index (χ4n) is 3.29. The lowest BCUT2D eigenvalue weighted by Gasteiger charge is -2.14. The zero-order chi connectivity index (χ0) is 14.4. The second kappa shape index (κ2) is 4.85. The lowest BCUT2D eigenvalue weighted by molar-refractivity contribution is 1.19. The lowest BCUT2D eigenvalue weighted by Crippen LogP contribution is -1.92. The summed E-state index contributed by atoms with van der Waals surface area (Å²) >= 11 is 3.77. The molecule has 21 heavy (non-hydrogen) atoms. The first-order valence-corrected chi connectivity index (χ1v) is 8.00. The van der Waals surface area contributed by atoms with Crippen LogP contribution in [-0.2, 0) is 6.42 Å². The summed E-state index contributed by atoms with van der Waals surface area (Å²) in [6.07, 6.45) is 3.35. The molecular formula is C20H15Br. The van der Waals surface area contributed by atoms with Gasteiger partial charge in [-0.05, 0) is 46.9 Å². The van der Waals surface area contributed by atoms with Crippen LogP contribution in [0.25, 0.3) is 28.0 Å². The molecule has 0 unspecified atom stereocenters. The molecule has 0 N–H and O–H groups in total. The third-order valence-electron chi connectivity index (χ3n) is 4.21. The Morgan fingerprint density at radius 2 is 1.71 bits per heavy atom. The molecule has 0 nitrogen and oxygen atoms in total. The van der Waals surface area contributed by atoms with Crippen LogP contribution < -0.4 is 0 Å². The van der Waals surface area contributed by atoms with E-state index >= 15 is 0 Å². The Morgan fingerprint density at radius 3 is 2.62 bits per heavy atom. The Bertz CT molecular complexity index is 882. The minimum atomic E-state index is 1.05. The van der Waals surface area contributed by atoms with Gasteiger partial charge in [0.05, 0.1) is 0 Å². The van der Waals surface area contributed by atoms with Crippen molar-refractivity contribution in [2.24, 2.45) is 0 Å². The Balaban J connectivity index is 2.06. The fraction of sp³-hybridized carbons (Fsp3) is 0.100. The maximum Gasteiger partial charge on any atom is 0.0257 e. The average molecular weight is 335 g/mol. The first kappa shape index (κ1) is 12.8. The van der Waals surface area contributed by atoms with Crippen molar-refractivity contribution in [2.75, 3.05) is 0 Å². The molecule has 0 aliphatic heterocycles. The first-order chi connectivity index (χ1) is 10.2. The molecule has 1 aliphatic rings. The molecule has 0 amide bonds. The van der Waals surface area contributed by atoms with Crippen molar-refractivity contribution in [3.63, 3.8) is 0 Å². The highest BCUT2D eigenvalue weighted by Gasteiger charge is 2.18. The van der Waals surface area contributed by atoms with E-state index in [9.17, 15) is 0 Å². The van der Waals surface area contributed by atoms with Crippen LogP contribution in [-0.4, -0.2) is 0 Å². The van der Waals surface area contributed by atoms with Gasteiger partial charge in [0.15, 0.2) is 0 Å². The Labute approximate surface area is 133 Å². The van der Waals surface area contributed by atoms with Gasteiger partial charge in [0.1, 0.15) is 0 Å². The van der Waals surface area contributed by atoms with Crippen molar-refractivity contribution in [3.05, 3.63) is 75.8 Å². The summed E-state index contributed by atoms with van der Waals surface area (Å²) in [7, 11) is 0. The second-order valence-corrected chi connectivity index (χ2v) is 6.54. The van der Waals surface area contributed by atoms with E-state index in [1.165, 1.54) is 43.1 Å². The van der Waals surface area contributed by atoms with Crippen LogP contribution in [0.3, 0.4) is 0 Å². The van der Waals surface area contributed by atoms with Gasteiger partial charge in [0, 0.05) is 10.0 Å². The van der Waals surface area contributed by atoms with Gasteiger partial charge in [-0.15, -0.1) is 0 Å². The number of fused-ring (bicyclic) bond motifs is 2. The summed E-state index contributed by atoms with van der Waals surface area (Å²) in [4.78, 5) is 0. The molecule has 1 aliphatic carbocycles. The zero-order valence-corrected chi connectivity index (χ0v) is 13.4. The largest absolute Gasteiger partial charge is 0.0683 e. The molecule has 3 aromatic rings. The minimum absolute atomic E-state index is 1.05. The summed E-state index contributed by atoms with van der Waals surface area (Å²) < 4.78 is 1.18. The molecule has 3 aromatic carbocycles. The van der Waals surface area contributed by atoms with Gasteiger partial charge in [0.25, 0.3) is 0 Å². The Kier molecular flexibility index (Phi) is 2.97. The molecule has 0 spiro atoms. The maximum absolute atomic E-state index is 3.77.